The van der Waals surface area contributed by atoms with Crippen LogP contribution in [-0.2, 0) is 26.2 Å². The molecule has 0 fully saturated rings. The number of nitrogens with zero attached hydrogens (tertiary/aromatic N) is 2. The molecular formula is C21H24Cl2FN3O4S. The van der Waals surface area contributed by atoms with Crippen molar-refractivity contribution in [3.05, 3.63) is 63.9 Å². The summed E-state index contributed by atoms with van der Waals surface area (Å²) in [7, 11) is -3.93. The summed E-state index contributed by atoms with van der Waals surface area (Å²) in [5, 5.41) is 2.98. The molecule has 0 spiro atoms. The second-order valence-electron chi connectivity index (χ2n) is 7.08. The van der Waals surface area contributed by atoms with Gasteiger partial charge in [-0.1, -0.05) is 35.3 Å². The van der Waals surface area contributed by atoms with Gasteiger partial charge in [0.15, 0.2) is 0 Å². The van der Waals surface area contributed by atoms with Gasteiger partial charge in [-0.3, -0.25) is 13.9 Å². The number of hydrogen-bond donors (Lipinski definition) is 1. The van der Waals surface area contributed by atoms with E-state index in [2.05, 4.69) is 5.32 Å². The summed E-state index contributed by atoms with van der Waals surface area (Å²) >= 11 is 12.2. The van der Waals surface area contributed by atoms with Gasteiger partial charge < -0.3 is 10.2 Å². The van der Waals surface area contributed by atoms with Crippen molar-refractivity contribution >= 4 is 50.7 Å². The average molecular weight is 504 g/mol. The van der Waals surface area contributed by atoms with Crippen LogP contribution in [0.25, 0.3) is 0 Å². The maximum Gasteiger partial charge on any atom is 0.244 e. The van der Waals surface area contributed by atoms with Gasteiger partial charge in [-0.05, 0) is 49.7 Å². The van der Waals surface area contributed by atoms with Crippen molar-refractivity contribution in [3.63, 3.8) is 0 Å². The number of likely N-dealkylation sites (N-methyl/N-ethyl adjacent to an activating group) is 1. The Labute approximate surface area is 197 Å². The van der Waals surface area contributed by atoms with Crippen LogP contribution in [0.15, 0.2) is 42.5 Å². The van der Waals surface area contributed by atoms with E-state index in [0.29, 0.717) is 12.1 Å². The van der Waals surface area contributed by atoms with E-state index in [4.69, 9.17) is 23.2 Å². The van der Waals surface area contributed by atoms with Gasteiger partial charge in [0.1, 0.15) is 18.4 Å². The summed E-state index contributed by atoms with van der Waals surface area (Å²) in [4.78, 5) is 27.0. The number of hydrogen-bond acceptors (Lipinski definition) is 4. The van der Waals surface area contributed by atoms with Crippen molar-refractivity contribution in [1.29, 1.82) is 0 Å². The highest BCUT2D eigenvalue weighted by molar-refractivity contribution is 7.92. The molecule has 0 saturated carbocycles. The van der Waals surface area contributed by atoms with E-state index in [1.807, 2.05) is 0 Å². The minimum absolute atomic E-state index is 0.0295. The monoisotopic (exact) mass is 503 g/mol. The number of nitrogens with one attached hydrogen (secondary N) is 1. The first-order valence-corrected chi connectivity index (χ1v) is 12.3. The highest BCUT2D eigenvalue weighted by atomic mass is 35.5. The van der Waals surface area contributed by atoms with Gasteiger partial charge in [0.2, 0.25) is 21.8 Å². The molecule has 7 nitrogen and oxygen atoms in total. The third-order valence-corrected chi connectivity index (χ3v) is 6.32. The molecule has 0 unspecified atom stereocenters. The summed E-state index contributed by atoms with van der Waals surface area (Å²) < 4.78 is 39.1. The fraction of sp³-hybridized carbons (Fsp3) is 0.333. The molecule has 11 heteroatoms. The van der Waals surface area contributed by atoms with Gasteiger partial charge in [-0.2, -0.15) is 0 Å². The Kier molecular flexibility index (Phi) is 8.89. The Hall–Kier alpha value is -2.36. The molecule has 0 bridgehead atoms. The van der Waals surface area contributed by atoms with Gasteiger partial charge in [0.05, 0.1) is 17.0 Å². The second kappa shape index (κ2) is 11.0. The van der Waals surface area contributed by atoms with Gasteiger partial charge in [0, 0.05) is 18.1 Å². The first kappa shape index (κ1) is 25.9. The first-order chi connectivity index (χ1) is 14.9. The molecule has 1 atom stereocenters. The highest BCUT2D eigenvalue weighted by Gasteiger charge is 2.30. The Morgan fingerprint density at radius 1 is 1.12 bits per heavy atom. The molecule has 2 aromatic rings. The van der Waals surface area contributed by atoms with Crippen LogP contribution in [0.1, 0.15) is 19.4 Å². The van der Waals surface area contributed by atoms with Crippen molar-refractivity contribution in [2.75, 3.05) is 23.7 Å². The standard InChI is InChI=1S/C21H24Cl2FN3O4S/c1-4-25-21(29)14(2)26(12-15-5-8-17(24)9-6-15)20(28)13-27(32(3,30)31)19-11-16(22)7-10-18(19)23/h5-11,14H,4,12-13H2,1-3H3,(H,25,29)/t14-/m0/s1. The van der Waals surface area contributed by atoms with Gasteiger partial charge in [-0.15, -0.1) is 0 Å². The SMILES string of the molecule is CCNC(=O)[C@H](C)N(Cc1ccc(F)cc1)C(=O)CN(c1cc(Cl)ccc1Cl)S(C)(=O)=O. The molecule has 1 N–H and O–H groups in total. The summed E-state index contributed by atoms with van der Waals surface area (Å²) in [6.07, 6.45) is 0.940. The number of rotatable bonds is 9. The predicted octanol–water partition coefficient (Wildman–Crippen LogP) is 3.45. The van der Waals surface area contributed by atoms with E-state index in [9.17, 15) is 22.4 Å². The molecule has 0 heterocycles. The van der Waals surface area contributed by atoms with Gasteiger partial charge in [0.25, 0.3) is 0 Å². The lowest BCUT2D eigenvalue weighted by Crippen LogP contribution is -2.51. The summed E-state index contributed by atoms with van der Waals surface area (Å²) in [5.74, 6) is -1.49. The largest absolute Gasteiger partial charge is 0.355 e. The van der Waals surface area contributed by atoms with Crippen LogP contribution in [0.4, 0.5) is 10.1 Å². The summed E-state index contributed by atoms with van der Waals surface area (Å²) in [6.45, 7) is 2.99. The predicted molar refractivity (Wildman–Crippen MR) is 124 cm³/mol. The number of benzene rings is 2. The molecule has 2 amide bonds. The molecule has 0 aliphatic carbocycles. The Bertz CT molecular complexity index is 1080. The number of sulfonamides is 1. The number of halogens is 3. The van der Waals surface area contributed by atoms with E-state index in [1.54, 1.807) is 6.92 Å². The van der Waals surface area contributed by atoms with Crippen LogP contribution in [0.3, 0.4) is 0 Å². The molecule has 32 heavy (non-hydrogen) atoms. The maximum absolute atomic E-state index is 13.3. The molecule has 0 saturated heterocycles. The molecule has 0 aliphatic heterocycles. The highest BCUT2D eigenvalue weighted by Crippen LogP contribution is 2.30. The van der Waals surface area contributed by atoms with E-state index in [0.717, 1.165) is 10.6 Å². The third-order valence-electron chi connectivity index (χ3n) is 4.64. The van der Waals surface area contributed by atoms with Crippen molar-refractivity contribution in [2.24, 2.45) is 0 Å². The minimum atomic E-state index is -3.93. The van der Waals surface area contributed by atoms with E-state index < -0.39 is 40.2 Å². The Morgan fingerprint density at radius 3 is 2.31 bits per heavy atom. The molecule has 2 rings (SSSR count). The fourth-order valence-electron chi connectivity index (χ4n) is 2.96. The van der Waals surface area contributed by atoms with Crippen LogP contribution in [0.5, 0.6) is 0 Å². The maximum atomic E-state index is 13.3. The lowest BCUT2D eigenvalue weighted by molar-refractivity contribution is -0.139. The molecule has 0 aliphatic rings. The van der Waals surface area contributed by atoms with Gasteiger partial charge >= 0.3 is 0 Å². The number of amides is 2. The lowest BCUT2D eigenvalue weighted by atomic mass is 10.1. The number of carbonyl (C=O) groups excluding carboxylic acids is 2. The van der Waals surface area contributed by atoms with Crippen LogP contribution >= 0.6 is 23.2 Å². The molecule has 174 valence electrons. The van der Waals surface area contributed by atoms with E-state index in [-0.39, 0.29) is 22.3 Å². The molecule has 0 aromatic heterocycles. The summed E-state index contributed by atoms with van der Waals surface area (Å²) in [5.41, 5.74) is 0.616. The quantitative estimate of drug-likeness (QED) is 0.567. The Balaban J connectivity index is 2.42. The van der Waals surface area contributed by atoms with E-state index >= 15 is 0 Å². The third kappa shape index (κ3) is 6.82. The normalized spacial score (nSPS) is 12.2. The molecule has 2 aromatic carbocycles. The zero-order valence-corrected chi connectivity index (χ0v) is 20.1. The van der Waals surface area contributed by atoms with Crippen LogP contribution < -0.4 is 9.62 Å². The van der Waals surface area contributed by atoms with Crippen molar-refractivity contribution in [1.82, 2.24) is 10.2 Å². The van der Waals surface area contributed by atoms with Crippen molar-refractivity contribution in [3.8, 4) is 0 Å². The van der Waals surface area contributed by atoms with E-state index in [1.165, 1.54) is 54.3 Å². The van der Waals surface area contributed by atoms with Gasteiger partial charge in [-0.25, -0.2) is 12.8 Å². The van der Waals surface area contributed by atoms with Crippen LogP contribution in [0, 0.1) is 5.82 Å². The topological polar surface area (TPSA) is 86.8 Å². The first-order valence-electron chi connectivity index (χ1n) is 9.68. The zero-order valence-electron chi connectivity index (χ0n) is 17.8. The average Bonchev–Trinajstić information content (AvgIpc) is 2.72. The van der Waals surface area contributed by atoms with Crippen molar-refractivity contribution < 1.29 is 22.4 Å². The smallest absolute Gasteiger partial charge is 0.244 e. The van der Waals surface area contributed by atoms with Crippen LogP contribution in [0.2, 0.25) is 10.0 Å². The van der Waals surface area contributed by atoms with Crippen LogP contribution in [-0.4, -0.2) is 50.5 Å². The van der Waals surface area contributed by atoms with Crippen molar-refractivity contribution in [2.45, 2.75) is 26.4 Å². The number of anilines is 1. The number of carbonyl (C=O) groups is 2. The summed E-state index contributed by atoms with van der Waals surface area (Å²) in [6, 6.07) is 8.81. The fourth-order valence-corrected chi connectivity index (χ4v) is 4.25. The molecule has 0 radical (unpaired) electrons. The molecular weight excluding hydrogens is 480 g/mol. The second-order valence-corrected chi connectivity index (χ2v) is 9.83. The Morgan fingerprint density at radius 2 is 1.75 bits per heavy atom. The minimum Gasteiger partial charge on any atom is -0.355 e. The zero-order chi connectivity index (χ0) is 24.1. The lowest BCUT2D eigenvalue weighted by Gasteiger charge is -2.31.